The summed E-state index contributed by atoms with van der Waals surface area (Å²) < 4.78 is 5.13. The molecule has 1 amide bonds. The third-order valence-electron chi connectivity index (χ3n) is 3.31. The molecule has 1 heterocycles. The van der Waals surface area contributed by atoms with Gasteiger partial charge in [-0.25, -0.2) is 4.79 Å². The maximum Gasteiger partial charge on any atom is 0.407 e. The number of nitrogens with one attached hydrogen (secondary N) is 2. The number of carbonyl (C=O) groups is 1. The number of ether oxygens (including phenoxy) is 1. The van der Waals surface area contributed by atoms with Crippen molar-refractivity contribution in [1.29, 1.82) is 0 Å². The van der Waals surface area contributed by atoms with E-state index in [0.29, 0.717) is 18.6 Å². The van der Waals surface area contributed by atoms with Gasteiger partial charge in [0.15, 0.2) is 0 Å². The van der Waals surface area contributed by atoms with Gasteiger partial charge in [0.1, 0.15) is 6.61 Å². The van der Waals surface area contributed by atoms with Crippen molar-refractivity contribution in [2.75, 3.05) is 19.6 Å². The van der Waals surface area contributed by atoms with E-state index in [-0.39, 0.29) is 18.5 Å². The summed E-state index contributed by atoms with van der Waals surface area (Å²) in [7, 11) is 0. The van der Waals surface area contributed by atoms with E-state index in [1.54, 1.807) is 0 Å². The molecule has 0 aliphatic carbocycles. The van der Waals surface area contributed by atoms with Gasteiger partial charge in [0.05, 0.1) is 0 Å². The smallest absolute Gasteiger partial charge is 0.407 e. The molecular weight excluding hydrogens is 264 g/mol. The second kappa shape index (κ2) is 7.36. The molecule has 5 heteroatoms. The number of rotatable bonds is 5. The van der Waals surface area contributed by atoms with E-state index in [0.717, 1.165) is 25.1 Å². The monoisotopic (exact) mass is 284 g/mol. The molecule has 1 aliphatic heterocycles. The second-order valence-corrected chi connectivity index (χ2v) is 5.15. The van der Waals surface area contributed by atoms with Gasteiger partial charge in [-0.15, -0.1) is 12.4 Å². The van der Waals surface area contributed by atoms with E-state index in [4.69, 9.17) is 4.74 Å². The highest BCUT2D eigenvalue weighted by atomic mass is 35.5. The van der Waals surface area contributed by atoms with Gasteiger partial charge >= 0.3 is 6.09 Å². The van der Waals surface area contributed by atoms with Crippen LogP contribution in [0.1, 0.15) is 18.9 Å². The number of halogens is 1. The highest BCUT2D eigenvalue weighted by molar-refractivity contribution is 5.85. The van der Waals surface area contributed by atoms with E-state index < -0.39 is 0 Å². The van der Waals surface area contributed by atoms with Crippen molar-refractivity contribution in [2.45, 2.75) is 20.0 Å². The molecule has 2 rings (SSSR count). The van der Waals surface area contributed by atoms with Crippen LogP contribution in [-0.2, 0) is 11.3 Å². The van der Waals surface area contributed by atoms with Gasteiger partial charge in [0.2, 0.25) is 0 Å². The lowest BCUT2D eigenvalue weighted by Gasteiger charge is -2.39. The number of alkyl carbamates (subject to hydrolysis) is 1. The average molecular weight is 285 g/mol. The third kappa shape index (κ3) is 5.09. The van der Waals surface area contributed by atoms with Crippen LogP contribution in [0.4, 0.5) is 4.79 Å². The van der Waals surface area contributed by atoms with Crippen LogP contribution in [0, 0.1) is 5.41 Å². The Hall–Kier alpha value is -1.26. The van der Waals surface area contributed by atoms with Crippen molar-refractivity contribution in [3.05, 3.63) is 35.9 Å². The molecule has 0 spiro atoms. The van der Waals surface area contributed by atoms with Crippen LogP contribution in [0.5, 0.6) is 0 Å². The number of amides is 1. The van der Waals surface area contributed by atoms with Gasteiger partial charge in [-0.05, 0) is 17.4 Å². The van der Waals surface area contributed by atoms with Crippen LogP contribution in [-0.4, -0.2) is 25.7 Å². The first-order chi connectivity index (χ1) is 8.68. The molecule has 1 saturated heterocycles. The molecule has 1 aliphatic rings. The predicted octanol–water partition coefficient (Wildman–Crippen LogP) is 2.33. The molecule has 1 aromatic carbocycles. The molecule has 4 nitrogen and oxygen atoms in total. The largest absolute Gasteiger partial charge is 0.445 e. The summed E-state index contributed by atoms with van der Waals surface area (Å²) in [5, 5.41) is 6.03. The lowest BCUT2D eigenvalue weighted by molar-refractivity contribution is 0.133. The zero-order valence-corrected chi connectivity index (χ0v) is 12.0. The first kappa shape index (κ1) is 15.8. The molecule has 0 aromatic heterocycles. The minimum Gasteiger partial charge on any atom is -0.445 e. The summed E-state index contributed by atoms with van der Waals surface area (Å²) in [6.07, 6.45) is 0.648. The summed E-state index contributed by atoms with van der Waals surface area (Å²) in [5.74, 6) is 0. The van der Waals surface area contributed by atoms with Crippen molar-refractivity contribution in [2.24, 2.45) is 5.41 Å². The van der Waals surface area contributed by atoms with E-state index in [9.17, 15) is 4.79 Å². The van der Waals surface area contributed by atoms with Crippen molar-refractivity contribution < 1.29 is 9.53 Å². The van der Waals surface area contributed by atoms with E-state index >= 15 is 0 Å². The summed E-state index contributed by atoms with van der Waals surface area (Å²) in [5.41, 5.74) is 1.34. The summed E-state index contributed by atoms with van der Waals surface area (Å²) in [4.78, 5) is 11.5. The number of hydrogen-bond acceptors (Lipinski definition) is 3. The summed E-state index contributed by atoms with van der Waals surface area (Å²) in [6.45, 7) is 5.29. The SMILES string of the molecule is CC1(CCNC(=O)OCc2ccccc2)CNC1.Cl. The Bertz CT molecular complexity index is 394. The quantitative estimate of drug-likeness (QED) is 0.872. The fourth-order valence-electron chi connectivity index (χ4n) is 1.97. The Balaban J connectivity index is 0.00000180. The van der Waals surface area contributed by atoms with Crippen molar-refractivity contribution >= 4 is 18.5 Å². The molecule has 1 fully saturated rings. The molecule has 0 radical (unpaired) electrons. The van der Waals surface area contributed by atoms with Gasteiger partial charge in [0.25, 0.3) is 0 Å². The Morgan fingerprint density at radius 1 is 1.37 bits per heavy atom. The molecular formula is C14H21ClN2O2. The second-order valence-electron chi connectivity index (χ2n) is 5.15. The normalized spacial score (nSPS) is 15.8. The molecule has 0 atom stereocenters. The summed E-state index contributed by atoms with van der Waals surface area (Å²) >= 11 is 0. The van der Waals surface area contributed by atoms with Gasteiger partial charge in [-0.3, -0.25) is 0 Å². The first-order valence-electron chi connectivity index (χ1n) is 6.33. The highest BCUT2D eigenvalue weighted by Crippen LogP contribution is 2.24. The number of benzene rings is 1. The summed E-state index contributed by atoms with van der Waals surface area (Å²) in [6, 6.07) is 9.68. The minimum absolute atomic E-state index is 0. The third-order valence-corrected chi connectivity index (χ3v) is 3.31. The van der Waals surface area contributed by atoms with E-state index in [1.807, 2.05) is 30.3 Å². The van der Waals surface area contributed by atoms with Crippen LogP contribution in [0.3, 0.4) is 0 Å². The van der Waals surface area contributed by atoms with Gasteiger partial charge in [-0.1, -0.05) is 37.3 Å². The van der Waals surface area contributed by atoms with Crippen LogP contribution in [0.15, 0.2) is 30.3 Å². The maximum absolute atomic E-state index is 11.5. The minimum atomic E-state index is -0.338. The lowest BCUT2D eigenvalue weighted by atomic mass is 9.81. The highest BCUT2D eigenvalue weighted by Gasteiger charge is 2.30. The van der Waals surface area contributed by atoms with Crippen LogP contribution in [0.25, 0.3) is 0 Å². The lowest BCUT2D eigenvalue weighted by Crippen LogP contribution is -2.52. The zero-order chi connectivity index (χ0) is 12.8. The molecule has 0 unspecified atom stereocenters. The topological polar surface area (TPSA) is 50.4 Å². The first-order valence-corrected chi connectivity index (χ1v) is 6.33. The molecule has 106 valence electrons. The Labute approximate surface area is 120 Å². The zero-order valence-electron chi connectivity index (χ0n) is 11.1. The Kier molecular flexibility index (Phi) is 6.12. The van der Waals surface area contributed by atoms with Crippen LogP contribution < -0.4 is 10.6 Å². The molecule has 19 heavy (non-hydrogen) atoms. The fraction of sp³-hybridized carbons (Fsp3) is 0.500. The Morgan fingerprint density at radius 2 is 2.05 bits per heavy atom. The van der Waals surface area contributed by atoms with Crippen LogP contribution >= 0.6 is 12.4 Å². The number of carbonyl (C=O) groups excluding carboxylic acids is 1. The van der Waals surface area contributed by atoms with Crippen LogP contribution in [0.2, 0.25) is 0 Å². The Morgan fingerprint density at radius 3 is 2.63 bits per heavy atom. The van der Waals surface area contributed by atoms with Gasteiger partial charge < -0.3 is 15.4 Å². The number of hydrogen-bond donors (Lipinski definition) is 2. The van der Waals surface area contributed by atoms with Gasteiger partial charge in [0, 0.05) is 19.6 Å². The van der Waals surface area contributed by atoms with Crippen molar-refractivity contribution in [1.82, 2.24) is 10.6 Å². The molecule has 0 saturated carbocycles. The maximum atomic E-state index is 11.5. The van der Waals surface area contributed by atoms with Crippen molar-refractivity contribution in [3.63, 3.8) is 0 Å². The predicted molar refractivity (Wildman–Crippen MR) is 77.5 cm³/mol. The standard InChI is InChI=1S/C14H20N2O2.ClH/c1-14(10-15-11-14)7-8-16-13(17)18-9-12-5-3-2-4-6-12;/h2-6,15H,7-11H2,1H3,(H,16,17);1H. The molecule has 1 aromatic rings. The van der Waals surface area contributed by atoms with Gasteiger partial charge in [-0.2, -0.15) is 0 Å². The fourth-order valence-corrected chi connectivity index (χ4v) is 1.97. The van der Waals surface area contributed by atoms with Crippen molar-refractivity contribution in [3.8, 4) is 0 Å². The van der Waals surface area contributed by atoms with E-state index in [1.165, 1.54) is 0 Å². The average Bonchev–Trinajstić information content (AvgIpc) is 2.35. The molecule has 0 bridgehead atoms. The molecule has 2 N–H and O–H groups in total. The van der Waals surface area contributed by atoms with E-state index in [2.05, 4.69) is 17.6 Å².